The van der Waals surface area contributed by atoms with Gasteiger partial charge in [-0.2, -0.15) is 0 Å². The molecule has 0 aliphatic rings. The molecule has 0 heterocycles. The van der Waals surface area contributed by atoms with Gasteiger partial charge in [-0.05, 0) is 37.0 Å². The number of unbranched alkanes of at least 4 members (excludes halogenated alkanes) is 1. The fourth-order valence-electron chi connectivity index (χ4n) is 4.05. The van der Waals surface area contributed by atoms with E-state index in [0.29, 0.717) is 19.5 Å². The summed E-state index contributed by atoms with van der Waals surface area (Å²) in [4.78, 5) is 28.9. The lowest BCUT2D eigenvalue weighted by atomic mass is 10.0. The molecule has 0 spiro atoms. The van der Waals surface area contributed by atoms with E-state index in [4.69, 9.17) is 0 Å². The van der Waals surface area contributed by atoms with Crippen molar-refractivity contribution in [1.82, 2.24) is 10.2 Å². The van der Waals surface area contributed by atoms with E-state index in [0.717, 1.165) is 40.7 Å². The van der Waals surface area contributed by atoms with Gasteiger partial charge in [-0.3, -0.25) is 9.59 Å². The van der Waals surface area contributed by atoms with E-state index in [1.165, 1.54) is 0 Å². The number of carbonyl (C=O) groups excluding carboxylic acids is 2. The van der Waals surface area contributed by atoms with E-state index < -0.39 is 6.04 Å². The van der Waals surface area contributed by atoms with Crippen molar-refractivity contribution in [2.24, 2.45) is 0 Å². The fourth-order valence-corrected chi connectivity index (χ4v) is 4.05. The number of nitrogens with zero attached hydrogens (tertiary/aromatic N) is 1. The van der Waals surface area contributed by atoms with Gasteiger partial charge in [-0.1, -0.05) is 103 Å². The Bertz CT molecular complexity index is 1060. The Balaban J connectivity index is 1.93. The average Bonchev–Trinajstić information content (AvgIpc) is 2.83. The summed E-state index contributed by atoms with van der Waals surface area (Å²) >= 11 is 0. The molecule has 4 nitrogen and oxygen atoms in total. The van der Waals surface area contributed by atoms with Gasteiger partial charge < -0.3 is 10.2 Å². The van der Waals surface area contributed by atoms with Crippen LogP contribution in [0.4, 0.5) is 0 Å². The van der Waals surface area contributed by atoms with Crippen molar-refractivity contribution in [3.05, 3.63) is 107 Å². The van der Waals surface area contributed by atoms with Crippen molar-refractivity contribution in [2.75, 3.05) is 6.54 Å². The molecule has 3 rings (SSSR count). The van der Waals surface area contributed by atoms with Gasteiger partial charge in [0.25, 0.3) is 0 Å². The summed E-state index contributed by atoms with van der Waals surface area (Å²) in [6, 6.07) is 25.5. The average molecular weight is 457 g/mol. The zero-order valence-electron chi connectivity index (χ0n) is 20.6. The first-order chi connectivity index (χ1) is 16.5. The number of benzene rings is 3. The Hall–Kier alpha value is -3.40. The van der Waals surface area contributed by atoms with Gasteiger partial charge in [0.2, 0.25) is 11.8 Å². The molecular formula is C30H36N2O2. The first-order valence-corrected chi connectivity index (χ1v) is 12.2. The summed E-state index contributed by atoms with van der Waals surface area (Å²) in [5.41, 5.74) is 5.31. The maximum absolute atomic E-state index is 13.7. The zero-order chi connectivity index (χ0) is 24.3. The van der Waals surface area contributed by atoms with Crippen LogP contribution in [0.1, 0.15) is 47.6 Å². The smallest absolute Gasteiger partial charge is 0.243 e. The van der Waals surface area contributed by atoms with Crippen LogP contribution in [0.2, 0.25) is 0 Å². The molecule has 4 heteroatoms. The molecule has 3 aromatic carbocycles. The number of amides is 2. The highest BCUT2D eigenvalue weighted by molar-refractivity contribution is 5.88. The normalized spacial score (nSPS) is 11.6. The van der Waals surface area contributed by atoms with Crippen LogP contribution in [-0.2, 0) is 29.0 Å². The fraction of sp³-hybridized carbons (Fsp3) is 0.333. The Morgan fingerprint density at radius 2 is 1.53 bits per heavy atom. The van der Waals surface area contributed by atoms with E-state index in [2.05, 4.69) is 18.3 Å². The minimum absolute atomic E-state index is 0.0445. The molecule has 1 N–H and O–H groups in total. The molecule has 0 bridgehead atoms. The standard InChI is InChI=1S/C30H36N2O2/c1-4-5-18-31-30(34)28(20-25-11-7-6-8-12-25)32(22-27-13-9-10-24(3)19-27)29(33)21-26-16-14-23(2)15-17-26/h6-17,19,28H,4-5,18,20-22H2,1-3H3,(H,31,34)/t28-/m0/s1. The monoisotopic (exact) mass is 456 g/mol. The van der Waals surface area contributed by atoms with Crippen molar-refractivity contribution >= 4 is 11.8 Å². The number of nitrogens with one attached hydrogen (secondary N) is 1. The molecule has 0 saturated carbocycles. The number of aryl methyl sites for hydroxylation is 2. The number of hydrogen-bond acceptors (Lipinski definition) is 2. The van der Waals surface area contributed by atoms with Crippen molar-refractivity contribution in [3.8, 4) is 0 Å². The van der Waals surface area contributed by atoms with Gasteiger partial charge in [0.1, 0.15) is 6.04 Å². The van der Waals surface area contributed by atoms with Crippen LogP contribution in [0.5, 0.6) is 0 Å². The van der Waals surface area contributed by atoms with Crippen LogP contribution < -0.4 is 5.32 Å². The van der Waals surface area contributed by atoms with E-state index in [1.807, 2.05) is 86.6 Å². The molecule has 0 aliphatic carbocycles. The van der Waals surface area contributed by atoms with Gasteiger partial charge in [0.15, 0.2) is 0 Å². The molecule has 0 fully saturated rings. The minimum atomic E-state index is -0.585. The molecule has 0 aliphatic heterocycles. The van der Waals surface area contributed by atoms with E-state index >= 15 is 0 Å². The molecule has 34 heavy (non-hydrogen) atoms. The highest BCUT2D eigenvalue weighted by atomic mass is 16.2. The molecule has 178 valence electrons. The molecule has 0 unspecified atom stereocenters. The minimum Gasteiger partial charge on any atom is -0.354 e. The number of hydrogen-bond donors (Lipinski definition) is 1. The van der Waals surface area contributed by atoms with Crippen LogP contribution in [0, 0.1) is 13.8 Å². The van der Waals surface area contributed by atoms with E-state index in [9.17, 15) is 9.59 Å². The van der Waals surface area contributed by atoms with Gasteiger partial charge in [-0.25, -0.2) is 0 Å². The summed E-state index contributed by atoms with van der Waals surface area (Å²) in [7, 11) is 0. The predicted octanol–water partition coefficient (Wildman–Crippen LogP) is 5.40. The third-order valence-electron chi connectivity index (χ3n) is 6.01. The topological polar surface area (TPSA) is 49.4 Å². The lowest BCUT2D eigenvalue weighted by molar-refractivity contribution is -0.140. The van der Waals surface area contributed by atoms with Crippen molar-refractivity contribution in [3.63, 3.8) is 0 Å². The second kappa shape index (κ2) is 12.7. The molecule has 0 saturated heterocycles. The number of carbonyl (C=O) groups is 2. The third-order valence-corrected chi connectivity index (χ3v) is 6.01. The van der Waals surface area contributed by atoms with Crippen LogP contribution >= 0.6 is 0 Å². The van der Waals surface area contributed by atoms with Crippen LogP contribution in [0.25, 0.3) is 0 Å². The molecule has 0 radical (unpaired) electrons. The van der Waals surface area contributed by atoms with E-state index in [-0.39, 0.29) is 18.2 Å². The molecule has 0 aromatic heterocycles. The summed E-state index contributed by atoms with van der Waals surface area (Å²) < 4.78 is 0. The largest absolute Gasteiger partial charge is 0.354 e. The highest BCUT2D eigenvalue weighted by Crippen LogP contribution is 2.17. The van der Waals surface area contributed by atoms with Crippen LogP contribution in [0.15, 0.2) is 78.9 Å². The summed E-state index contributed by atoms with van der Waals surface area (Å²) in [6.07, 6.45) is 2.66. The van der Waals surface area contributed by atoms with Gasteiger partial charge >= 0.3 is 0 Å². The lowest BCUT2D eigenvalue weighted by Crippen LogP contribution is -2.51. The molecule has 2 amide bonds. The molecule has 3 aromatic rings. The van der Waals surface area contributed by atoms with Gasteiger partial charge in [-0.15, -0.1) is 0 Å². The Morgan fingerprint density at radius 3 is 2.21 bits per heavy atom. The molecular weight excluding hydrogens is 420 g/mol. The second-order valence-corrected chi connectivity index (χ2v) is 9.02. The first kappa shape index (κ1) is 25.2. The van der Waals surface area contributed by atoms with Crippen molar-refractivity contribution in [1.29, 1.82) is 0 Å². The van der Waals surface area contributed by atoms with Crippen LogP contribution in [0.3, 0.4) is 0 Å². The summed E-state index contributed by atoms with van der Waals surface area (Å²) in [6.45, 7) is 7.19. The summed E-state index contributed by atoms with van der Waals surface area (Å²) in [5, 5.41) is 3.07. The van der Waals surface area contributed by atoms with Gasteiger partial charge in [0, 0.05) is 19.5 Å². The zero-order valence-corrected chi connectivity index (χ0v) is 20.6. The Labute approximate surface area is 204 Å². The summed E-state index contributed by atoms with van der Waals surface area (Å²) in [5.74, 6) is -0.140. The van der Waals surface area contributed by atoms with Crippen molar-refractivity contribution < 1.29 is 9.59 Å². The highest BCUT2D eigenvalue weighted by Gasteiger charge is 2.30. The maximum Gasteiger partial charge on any atom is 0.243 e. The van der Waals surface area contributed by atoms with Crippen molar-refractivity contribution in [2.45, 2.75) is 59.0 Å². The maximum atomic E-state index is 13.7. The lowest BCUT2D eigenvalue weighted by Gasteiger charge is -2.32. The first-order valence-electron chi connectivity index (χ1n) is 12.2. The third kappa shape index (κ3) is 7.58. The quantitative estimate of drug-likeness (QED) is 0.393. The second-order valence-electron chi connectivity index (χ2n) is 9.02. The predicted molar refractivity (Wildman–Crippen MR) is 138 cm³/mol. The Kier molecular flexibility index (Phi) is 9.45. The van der Waals surface area contributed by atoms with Gasteiger partial charge in [0.05, 0.1) is 6.42 Å². The van der Waals surface area contributed by atoms with E-state index in [1.54, 1.807) is 4.90 Å². The Morgan fingerprint density at radius 1 is 0.824 bits per heavy atom. The SMILES string of the molecule is CCCCNC(=O)[C@H](Cc1ccccc1)N(Cc1cccc(C)c1)C(=O)Cc1ccc(C)cc1. The number of rotatable bonds is 11. The van der Waals surface area contributed by atoms with Crippen LogP contribution in [-0.4, -0.2) is 29.3 Å². The molecule has 1 atom stereocenters.